The van der Waals surface area contributed by atoms with Gasteiger partial charge in [-0.25, -0.2) is 14.4 Å². The van der Waals surface area contributed by atoms with Crippen molar-refractivity contribution in [1.29, 1.82) is 0 Å². The lowest BCUT2D eigenvalue weighted by molar-refractivity contribution is 0.0794. The number of anilines is 2. The third kappa shape index (κ3) is 5.97. The molecule has 5 rings (SSSR count). The number of amides is 1. The molecular formula is C30H30ClFN6O. The summed E-state index contributed by atoms with van der Waals surface area (Å²) in [6.45, 7) is 1.43. The van der Waals surface area contributed by atoms with Gasteiger partial charge in [0.15, 0.2) is 0 Å². The molecule has 0 bridgehead atoms. The van der Waals surface area contributed by atoms with E-state index in [9.17, 15) is 9.18 Å². The summed E-state index contributed by atoms with van der Waals surface area (Å²) < 4.78 is 14.7. The first kappa shape index (κ1) is 27.9. The van der Waals surface area contributed by atoms with Crippen LogP contribution in [0.3, 0.4) is 0 Å². The molecular weight excluding hydrogens is 515 g/mol. The molecule has 0 fully saturated rings. The third-order valence-corrected chi connectivity index (χ3v) is 6.56. The fourth-order valence-electron chi connectivity index (χ4n) is 4.34. The molecule has 0 spiro atoms. The molecule has 200 valence electrons. The van der Waals surface area contributed by atoms with Crippen molar-refractivity contribution in [3.05, 3.63) is 106 Å². The first-order chi connectivity index (χ1) is 18.4. The lowest BCUT2D eigenvalue weighted by atomic mass is 9.95. The second kappa shape index (κ2) is 12.1. The minimum atomic E-state index is -0.357. The summed E-state index contributed by atoms with van der Waals surface area (Å²) in [5.41, 5.74) is 10.8. The number of carbonyl (C=O) groups excluding carboxylic acids is 1. The monoisotopic (exact) mass is 544 g/mol. The Morgan fingerprint density at radius 2 is 1.85 bits per heavy atom. The Bertz CT molecular complexity index is 1520. The van der Waals surface area contributed by atoms with Crippen LogP contribution >= 0.6 is 11.6 Å². The zero-order valence-corrected chi connectivity index (χ0v) is 21.5. The first-order valence-corrected chi connectivity index (χ1v) is 12.6. The van der Waals surface area contributed by atoms with Crippen LogP contribution in [0, 0.1) is 5.82 Å². The molecule has 1 aliphatic rings. The topological polar surface area (TPSA) is 96.5 Å². The van der Waals surface area contributed by atoms with Crippen LogP contribution in [0.25, 0.3) is 11.3 Å². The molecule has 3 aromatic carbocycles. The van der Waals surface area contributed by atoms with Crippen molar-refractivity contribution in [2.45, 2.75) is 20.4 Å². The molecule has 0 saturated carbocycles. The Balaban J connectivity index is 0.00000353. The number of nitrogens with zero attached hydrogens (tertiary/aromatic N) is 4. The maximum absolute atomic E-state index is 14.7. The molecule has 0 aliphatic carbocycles. The minimum absolute atomic E-state index is 0. The predicted molar refractivity (Wildman–Crippen MR) is 155 cm³/mol. The Morgan fingerprint density at radius 1 is 1.08 bits per heavy atom. The van der Waals surface area contributed by atoms with Gasteiger partial charge in [0.2, 0.25) is 5.95 Å². The van der Waals surface area contributed by atoms with Crippen LogP contribution in [-0.2, 0) is 6.54 Å². The van der Waals surface area contributed by atoms with Crippen molar-refractivity contribution in [1.82, 2.24) is 14.9 Å². The van der Waals surface area contributed by atoms with Crippen LogP contribution in [0.4, 0.5) is 16.0 Å². The van der Waals surface area contributed by atoms with Gasteiger partial charge < -0.3 is 16.0 Å². The molecule has 1 amide bonds. The highest BCUT2D eigenvalue weighted by molar-refractivity contribution is 6.31. The number of hydrogen-bond acceptors (Lipinski definition) is 6. The third-order valence-electron chi connectivity index (χ3n) is 6.33. The normalized spacial score (nSPS) is 11.8. The van der Waals surface area contributed by atoms with Gasteiger partial charge in [-0.2, -0.15) is 0 Å². The van der Waals surface area contributed by atoms with Gasteiger partial charge >= 0.3 is 0 Å². The van der Waals surface area contributed by atoms with Crippen molar-refractivity contribution in [2.24, 2.45) is 10.7 Å². The van der Waals surface area contributed by atoms with Crippen LogP contribution < -0.4 is 11.1 Å². The Labute approximate surface area is 232 Å². The Kier molecular flexibility index (Phi) is 8.69. The summed E-state index contributed by atoms with van der Waals surface area (Å²) in [5.74, 6) is -0.0330. The number of hydrogen-bond donors (Lipinski definition) is 2. The van der Waals surface area contributed by atoms with Gasteiger partial charge in [-0.3, -0.25) is 9.79 Å². The van der Waals surface area contributed by atoms with E-state index in [0.717, 1.165) is 23.2 Å². The van der Waals surface area contributed by atoms with Crippen molar-refractivity contribution in [3.8, 4) is 11.3 Å². The van der Waals surface area contributed by atoms with E-state index < -0.39 is 0 Å². The van der Waals surface area contributed by atoms with Gasteiger partial charge in [0.1, 0.15) is 5.82 Å². The zero-order valence-electron chi connectivity index (χ0n) is 20.8. The maximum atomic E-state index is 14.7. The summed E-state index contributed by atoms with van der Waals surface area (Å²) in [4.78, 5) is 28.3. The van der Waals surface area contributed by atoms with Crippen molar-refractivity contribution < 1.29 is 9.18 Å². The smallest absolute Gasteiger partial charge is 0.253 e. The van der Waals surface area contributed by atoms with Crippen molar-refractivity contribution >= 4 is 34.9 Å². The molecule has 0 saturated heterocycles. The van der Waals surface area contributed by atoms with E-state index in [-0.39, 0.29) is 19.2 Å². The number of rotatable bonds is 7. The highest BCUT2D eigenvalue weighted by atomic mass is 35.5. The molecule has 1 aliphatic heterocycles. The van der Waals surface area contributed by atoms with Gasteiger partial charge in [0.25, 0.3) is 5.91 Å². The molecule has 39 heavy (non-hydrogen) atoms. The maximum Gasteiger partial charge on any atom is 0.253 e. The van der Waals surface area contributed by atoms with Gasteiger partial charge in [-0.15, -0.1) is 0 Å². The van der Waals surface area contributed by atoms with Crippen LogP contribution in [0.2, 0.25) is 5.02 Å². The van der Waals surface area contributed by atoms with Gasteiger partial charge in [0.05, 0.1) is 18.0 Å². The van der Waals surface area contributed by atoms with E-state index in [1.807, 2.05) is 18.2 Å². The van der Waals surface area contributed by atoms with E-state index in [1.54, 1.807) is 60.6 Å². The number of carbonyl (C=O) groups is 1. The summed E-state index contributed by atoms with van der Waals surface area (Å²) in [6, 6.07) is 19.1. The molecule has 0 atom stereocenters. The highest BCUT2D eigenvalue weighted by Gasteiger charge is 2.23. The standard InChI is InChI=1S/C29H26ClFN6O.CH4/c1-37(14-4-13-32)28(38)18-7-10-21(11-8-18)35-29-34-17-19-16-33-27(23-5-2-3-6-25(23)31)24-15-20(30)9-12-22(24)26(19)36-29;/h2-3,5-12,15,17H,4,13-14,16,32H2,1H3,(H,34,35,36);1H4. The van der Waals surface area contributed by atoms with E-state index >= 15 is 0 Å². The van der Waals surface area contributed by atoms with Gasteiger partial charge in [-0.1, -0.05) is 37.2 Å². The van der Waals surface area contributed by atoms with E-state index in [4.69, 9.17) is 27.3 Å². The zero-order chi connectivity index (χ0) is 26.6. The van der Waals surface area contributed by atoms with Crippen LogP contribution in [0.5, 0.6) is 0 Å². The number of fused-ring (bicyclic) bond motifs is 3. The number of nitrogens with one attached hydrogen (secondary N) is 1. The van der Waals surface area contributed by atoms with Gasteiger partial charge in [0, 0.05) is 58.3 Å². The van der Waals surface area contributed by atoms with Gasteiger partial charge in [-0.05, 0) is 61.5 Å². The Hall–Kier alpha value is -4.14. The fraction of sp³-hybridized carbons (Fsp3) is 0.200. The molecule has 0 radical (unpaired) electrons. The summed E-state index contributed by atoms with van der Waals surface area (Å²) in [5, 5.41) is 3.73. The molecule has 1 aromatic heterocycles. The van der Waals surface area contributed by atoms with Crippen LogP contribution in [0.15, 0.2) is 77.9 Å². The fourth-order valence-corrected chi connectivity index (χ4v) is 4.52. The largest absolute Gasteiger partial charge is 0.342 e. The second-order valence-corrected chi connectivity index (χ2v) is 9.41. The SMILES string of the molecule is C.CN(CCCN)C(=O)c1ccc(Nc2ncc3c(n2)-c2ccc(Cl)cc2C(c2ccccc2F)=NC3)cc1. The number of aromatic nitrogens is 2. The molecule has 7 nitrogen and oxygen atoms in total. The second-order valence-electron chi connectivity index (χ2n) is 8.97. The average Bonchev–Trinajstić information content (AvgIpc) is 3.08. The predicted octanol–water partition coefficient (Wildman–Crippen LogP) is 6.09. The number of halogens is 2. The lowest BCUT2D eigenvalue weighted by Crippen LogP contribution is -2.28. The van der Waals surface area contributed by atoms with E-state index in [1.165, 1.54) is 6.07 Å². The molecule has 4 aromatic rings. The van der Waals surface area contributed by atoms with Crippen LogP contribution in [0.1, 0.15) is 40.9 Å². The number of aliphatic imine (C=N–C) groups is 1. The summed E-state index contributed by atoms with van der Waals surface area (Å²) in [7, 11) is 1.76. The van der Waals surface area contributed by atoms with Crippen molar-refractivity contribution in [2.75, 3.05) is 25.5 Å². The Morgan fingerprint density at radius 3 is 2.59 bits per heavy atom. The molecule has 9 heteroatoms. The van der Waals surface area contributed by atoms with E-state index in [0.29, 0.717) is 58.7 Å². The minimum Gasteiger partial charge on any atom is -0.342 e. The highest BCUT2D eigenvalue weighted by Crippen LogP contribution is 2.34. The molecule has 3 N–H and O–H groups in total. The summed E-state index contributed by atoms with van der Waals surface area (Å²) >= 11 is 6.34. The number of benzene rings is 3. The molecule has 2 heterocycles. The average molecular weight is 545 g/mol. The quantitative estimate of drug-likeness (QED) is 0.293. The molecule has 0 unspecified atom stereocenters. The van der Waals surface area contributed by atoms with Crippen LogP contribution in [-0.4, -0.2) is 46.6 Å². The lowest BCUT2D eigenvalue weighted by Gasteiger charge is -2.17. The van der Waals surface area contributed by atoms with E-state index in [2.05, 4.69) is 10.3 Å². The summed E-state index contributed by atoms with van der Waals surface area (Å²) in [6.07, 6.45) is 2.47. The first-order valence-electron chi connectivity index (χ1n) is 12.2. The van der Waals surface area contributed by atoms with Crippen molar-refractivity contribution in [3.63, 3.8) is 0 Å². The number of nitrogens with two attached hydrogens (primary N) is 1.